The number of H-pyrrole nitrogens is 1. The molecule has 0 saturated heterocycles. The van der Waals surface area contributed by atoms with Crippen molar-refractivity contribution in [1.82, 2.24) is 14.9 Å². The Morgan fingerprint density at radius 2 is 1.72 bits per heavy atom. The van der Waals surface area contributed by atoms with E-state index < -0.39 is 6.10 Å². The van der Waals surface area contributed by atoms with Crippen LogP contribution in [0.3, 0.4) is 0 Å². The lowest BCUT2D eigenvalue weighted by Crippen LogP contribution is -2.22. The first-order valence-electron chi connectivity index (χ1n) is 13.8. The number of rotatable bonds is 18. The Morgan fingerprint density at radius 1 is 0.974 bits per heavy atom. The molecular weight excluding hydrogens is 498 g/mol. The maximum Gasteiger partial charge on any atom is 0.328 e. The summed E-state index contributed by atoms with van der Waals surface area (Å²) >= 11 is 0. The molecule has 0 radical (unpaired) electrons. The van der Waals surface area contributed by atoms with Crippen LogP contribution in [-0.2, 0) is 31.2 Å². The van der Waals surface area contributed by atoms with Crippen LogP contribution in [0.15, 0.2) is 47.3 Å². The summed E-state index contributed by atoms with van der Waals surface area (Å²) in [7, 11) is 1.54. The topological polar surface area (TPSA) is 140 Å². The molecular formula is C30H43N3O6. The van der Waals surface area contributed by atoms with Gasteiger partial charge in [0.2, 0.25) is 5.88 Å². The number of hydrogen-bond donors (Lipinski definition) is 6. The van der Waals surface area contributed by atoms with Crippen molar-refractivity contribution in [2.45, 2.75) is 64.1 Å². The molecule has 1 aromatic heterocycles. The fraction of sp³-hybridized carbons (Fsp3) is 0.500. The van der Waals surface area contributed by atoms with E-state index in [0.29, 0.717) is 29.8 Å². The monoisotopic (exact) mass is 541 g/mol. The molecule has 0 aliphatic carbocycles. The van der Waals surface area contributed by atoms with E-state index in [2.05, 4.69) is 22.4 Å². The SMILES string of the molecule is Cn1c(O)c(Cc2cccc(CCCCOCCCCCCNC[C@H](O)c3ccc(O)c(CO)c3)c2)[nH]c1=O. The molecule has 9 nitrogen and oxygen atoms in total. The summed E-state index contributed by atoms with van der Waals surface area (Å²) in [6.07, 6.45) is 7.10. The maximum absolute atomic E-state index is 11.7. The van der Waals surface area contributed by atoms with Crippen molar-refractivity contribution >= 4 is 0 Å². The molecule has 1 heterocycles. The Bertz CT molecular complexity index is 1210. The van der Waals surface area contributed by atoms with Gasteiger partial charge in [-0.25, -0.2) is 4.79 Å². The summed E-state index contributed by atoms with van der Waals surface area (Å²) in [5.74, 6) is 0.0228. The van der Waals surface area contributed by atoms with Crippen molar-refractivity contribution in [1.29, 1.82) is 0 Å². The van der Waals surface area contributed by atoms with E-state index in [1.54, 1.807) is 19.2 Å². The summed E-state index contributed by atoms with van der Waals surface area (Å²) in [4.78, 5) is 14.4. The Hall–Kier alpha value is -3.11. The first-order chi connectivity index (χ1) is 18.9. The number of nitrogens with zero attached hydrogens (tertiary/aromatic N) is 1. The van der Waals surface area contributed by atoms with Gasteiger partial charge >= 0.3 is 5.69 Å². The molecule has 6 N–H and O–H groups in total. The van der Waals surface area contributed by atoms with Crippen LogP contribution in [0.2, 0.25) is 0 Å². The first-order valence-corrected chi connectivity index (χ1v) is 13.8. The number of aromatic hydroxyl groups is 2. The fourth-order valence-corrected chi connectivity index (χ4v) is 4.53. The zero-order chi connectivity index (χ0) is 28.0. The molecule has 1 atom stereocenters. The molecule has 3 aromatic rings. The van der Waals surface area contributed by atoms with E-state index in [1.165, 1.54) is 16.2 Å². The third-order valence-corrected chi connectivity index (χ3v) is 6.92. The highest BCUT2D eigenvalue weighted by Crippen LogP contribution is 2.22. The number of hydrogen-bond acceptors (Lipinski definition) is 7. The normalized spacial score (nSPS) is 12.2. The van der Waals surface area contributed by atoms with Crippen molar-refractivity contribution in [2.75, 3.05) is 26.3 Å². The smallest absolute Gasteiger partial charge is 0.328 e. The summed E-state index contributed by atoms with van der Waals surface area (Å²) in [5.41, 5.74) is 3.62. The number of aromatic amines is 1. The lowest BCUT2D eigenvalue weighted by molar-refractivity contribution is 0.126. The standard InChI is InChI=1S/C30H43N3O6/c1-33-29(37)26(32-30(33)38)18-23-11-8-10-22(17-23)9-4-7-16-39-15-6-3-2-5-14-31-20-28(36)24-12-13-27(35)25(19-24)21-34/h8,10-13,17,19,28,31,34-37H,2-7,9,14-16,18,20-21H2,1H3,(H,32,38)/t28-/m0/s1. The number of imidazole rings is 1. The second kappa shape index (κ2) is 16.1. The van der Waals surface area contributed by atoms with Crippen LogP contribution in [0.1, 0.15) is 72.6 Å². The number of aryl methyl sites for hydroxylation is 1. The first kappa shape index (κ1) is 30.4. The van der Waals surface area contributed by atoms with Gasteiger partial charge in [-0.05, 0) is 67.5 Å². The minimum Gasteiger partial charge on any atom is -0.508 e. The highest BCUT2D eigenvalue weighted by Gasteiger charge is 2.11. The second-order valence-corrected chi connectivity index (χ2v) is 10.0. The molecule has 0 bridgehead atoms. The van der Waals surface area contributed by atoms with Crippen molar-refractivity contribution in [3.05, 3.63) is 80.9 Å². The molecule has 3 rings (SSSR count). The fourth-order valence-electron chi connectivity index (χ4n) is 4.53. The van der Waals surface area contributed by atoms with Crippen LogP contribution >= 0.6 is 0 Å². The van der Waals surface area contributed by atoms with Gasteiger partial charge in [0.25, 0.3) is 0 Å². The van der Waals surface area contributed by atoms with Gasteiger partial charge in [-0.15, -0.1) is 0 Å². The Balaban J connectivity index is 1.17. The number of aliphatic hydroxyl groups excluding tert-OH is 2. The number of ether oxygens (including phenoxy) is 1. The van der Waals surface area contributed by atoms with Crippen LogP contribution < -0.4 is 11.0 Å². The molecule has 0 amide bonds. The molecule has 0 spiro atoms. The van der Waals surface area contributed by atoms with Crippen molar-refractivity contribution in [3.8, 4) is 11.6 Å². The zero-order valence-corrected chi connectivity index (χ0v) is 22.9. The average Bonchev–Trinajstić information content (AvgIpc) is 3.17. The van der Waals surface area contributed by atoms with E-state index in [1.807, 2.05) is 12.1 Å². The molecule has 0 unspecified atom stereocenters. The van der Waals surface area contributed by atoms with E-state index in [-0.39, 0.29) is 23.9 Å². The van der Waals surface area contributed by atoms with E-state index in [0.717, 1.165) is 70.3 Å². The number of unbranched alkanes of at least 4 members (excludes halogenated alkanes) is 4. The number of aliphatic hydroxyl groups is 2. The third kappa shape index (κ3) is 9.85. The van der Waals surface area contributed by atoms with Crippen molar-refractivity contribution < 1.29 is 25.2 Å². The quantitative estimate of drug-likeness (QED) is 0.136. The van der Waals surface area contributed by atoms with Crippen LogP contribution in [-0.4, -0.2) is 56.3 Å². The third-order valence-electron chi connectivity index (χ3n) is 6.92. The van der Waals surface area contributed by atoms with Crippen molar-refractivity contribution in [3.63, 3.8) is 0 Å². The van der Waals surface area contributed by atoms with E-state index in [4.69, 9.17) is 4.74 Å². The van der Waals surface area contributed by atoms with Gasteiger partial charge < -0.3 is 35.5 Å². The molecule has 0 aliphatic heterocycles. The number of nitrogens with one attached hydrogen (secondary N) is 2. The van der Waals surface area contributed by atoms with Crippen LogP contribution in [0.4, 0.5) is 0 Å². The molecule has 9 heteroatoms. The summed E-state index contributed by atoms with van der Waals surface area (Å²) in [6, 6.07) is 13.0. The van der Waals surface area contributed by atoms with Gasteiger partial charge in [0.05, 0.1) is 18.4 Å². The molecule has 2 aromatic carbocycles. The lowest BCUT2D eigenvalue weighted by Gasteiger charge is -2.14. The Labute approximate surface area is 230 Å². The zero-order valence-electron chi connectivity index (χ0n) is 22.9. The lowest BCUT2D eigenvalue weighted by atomic mass is 10.0. The largest absolute Gasteiger partial charge is 0.508 e. The van der Waals surface area contributed by atoms with Crippen LogP contribution in [0.25, 0.3) is 0 Å². The second-order valence-electron chi connectivity index (χ2n) is 10.0. The molecule has 0 fully saturated rings. The van der Waals surface area contributed by atoms with Gasteiger partial charge in [0.15, 0.2) is 0 Å². The minimum absolute atomic E-state index is 0.0143. The van der Waals surface area contributed by atoms with Gasteiger partial charge in [0, 0.05) is 38.8 Å². The summed E-state index contributed by atoms with van der Waals surface area (Å²) in [6.45, 7) is 2.53. The average molecular weight is 542 g/mol. The maximum atomic E-state index is 11.7. The van der Waals surface area contributed by atoms with Gasteiger partial charge in [-0.1, -0.05) is 43.2 Å². The molecule has 0 saturated carbocycles. The van der Waals surface area contributed by atoms with Crippen molar-refractivity contribution in [2.24, 2.45) is 7.05 Å². The van der Waals surface area contributed by atoms with Gasteiger partial charge in [0.1, 0.15) is 5.75 Å². The highest BCUT2D eigenvalue weighted by atomic mass is 16.5. The van der Waals surface area contributed by atoms with Crippen LogP contribution in [0, 0.1) is 0 Å². The minimum atomic E-state index is -0.677. The Morgan fingerprint density at radius 3 is 2.46 bits per heavy atom. The van der Waals surface area contributed by atoms with Gasteiger partial charge in [-0.2, -0.15) is 0 Å². The summed E-state index contributed by atoms with van der Waals surface area (Å²) in [5, 5.41) is 42.5. The number of benzene rings is 2. The molecule has 0 aliphatic rings. The molecule has 214 valence electrons. The van der Waals surface area contributed by atoms with E-state index in [9.17, 15) is 25.2 Å². The highest BCUT2D eigenvalue weighted by molar-refractivity contribution is 5.36. The predicted octanol–water partition coefficient (Wildman–Crippen LogP) is 3.43. The Kier molecular flexibility index (Phi) is 12.6. The predicted molar refractivity (Wildman–Crippen MR) is 151 cm³/mol. The number of phenols is 1. The number of aromatic nitrogens is 2. The van der Waals surface area contributed by atoms with Crippen LogP contribution in [0.5, 0.6) is 11.6 Å². The summed E-state index contributed by atoms with van der Waals surface area (Å²) < 4.78 is 7.00. The van der Waals surface area contributed by atoms with Gasteiger partial charge in [-0.3, -0.25) is 4.57 Å². The molecule has 39 heavy (non-hydrogen) atoms. The van der Waals surface area contributed by atoms with E-state index >= 15 is 0 Å².